The van der Waals surface area contributed by atoms with Crippen LogP contribution in [0.2, 0.25) is 0 Å². The molecule has 2 atom stereocenters. The summed E-state index contributed by atoms with van der Waals surface area (Å²) in [5, 5.41) is 9.94. The Balaban J connectivity index is 2.20. The third-order valence-corrected chi connectivity index (χ3v) is 2.81. The molecular formula is C15H15FO. The lowest BCUT2D eigenvalue weighted by molar-refractivity contribution is 0.0775. The highest BCUT2D eigenvalue weighted by atomic mass is 19.1. The Kier molecular flexibility index (Phi) is 3.55. The van der Waals surface area contributed by atoms with E-state index in [9.17, 15) is 9.50 Å². The minimum atomic E-state index is -1.39. The molecule has 2 rings (SSSR count). The Morgan fingerprint density at radius 3 is 2.06 bits per heavy atom. The Morgan fingerprint density at radius 2 is 1.47 bits per heavy atom. The Morgan fingerprint density at radius 1 is 0.882 bits per heavy atom. The summed E-state index contributed by atoms with van der Waals surface area (Å²) in [6.45, 7) is 1.95. The smallest absolute Gasteiger partial charge is 0.155 e. The molecule has 0 amide bonds. The molecule has 88 valence electrons. The van der Waals surface area contributed by atoms with E-state index in [-0.39, 0.29) is 0 Å². The maximum atomic E-state index is 14.1. The second-order valence-corrected chi connectivity index (χ2v) is 4.17. The third-order valence-electron chi connectivity index (χ3n) is 2.81. The van der Waals surface area contributed by atoms with Crippen LogP contribution < -0.4 is 0 Å². The zero-order valence-corrected chi connectivity index (χ0v) is 9.68. The molecule has 0 aliphatic carbocycles. The van der Waals surface area contributed by atoms with Crippen LogP contribution in [0.3, 0.4) is 0 Å². The molecule has 1 nitrogen and oxygen atoms in total. The number of benzene rings is 2. The molecule has 1 N–H and O–H groups in total. The van der Waals surface area contributed by atoms with Crippen molar-refractivity contribution in [1.29, 1.82) is 0 Å². The van der Waals surface area contributed by atoms with Gasteiger partial charge in [0.15, 0.2) is 6.17 Å². The van der Waals surface area contributed by atoms with Crippen molar-refractivity contribution in [1.82, 2.24) is 0 Å². The summed E-state index contributed by atoms with van der Waals surface area (Å²) in [4.78, 5) is 0. The molecule has 0 heterocycles. The number of aliphatic hydroxyl groups excluding tert-OH is 1. The monoisotopic (exact) mass is 230 g/mol. The lowest BCUT2D eigenvalue weighted by Crippen LogP contribution is -2.06. The highest BCUT2D eigenvalue weighted by Gasteiger charge is 2.21. The molecule has 17 heavy (non-hydrogen) atoms. The van der Waals surface area contributed by atoms with Crippen LogP contribution in [0.15, 0.2) is 54.6 Å². The van der Waals surface area contributed by atoms with Crippen molar-refractivity contribution in [2.45, 2.75) is 19.2 Å². The Labute approximate surface area is 101 Å². The minimum Gasteiger partial charge on any atom is -0.385 e. The van der Waals surface area contributed by atoms with Gasteiger partial charge in [0, 0.05) is 0 Å². The van der Waals surface area contributed by atoms with Crippen molar-refractivity contribution in [3.8, 4) is 0 Å². The minimum absolute atomic E-state index is 0.506. The molecule has 0 saturated heterocycles. The second-order valence-electron chi connectivity index (χ2n) is 4.17. The van der Waals surface area contributed by atoms with Gasteiger partial charge < -0.3 is 5.11 Å². The molecular weight excluding hydrogens is 215 g/mol. The zero-order chi connectivity index (χ0) is 12.3. The SMILES string of the molecule is Cc1ccc([C@H](F)[C@@H](O)c2ccccc2)cc1. The van der Waals surface area contributed by atoms with Crippen LogP contribution in [0.5, 0.6) is 0 Å². The predicted octanol–water partition coefficient (Wildman–Crippen LogP) is 3.74. The fourth-order valence-electron chi connectivity index (χ4n) is 1.75. The standard InChI is InChI=1S/C15H15FO/c1-11-7-9-12(10-8-11)14(16)15(17)13-5-3-2-4-6-13/h2-10,14-15,17H,1H3/t14-,15-/m0/s1. The fraction of sp³-hybridized carbons (Fsp3) is 0.200. The molecule has 0 bridgehead atoms. The Hall–Kier alpha value is -1.67. The first-order valence-electron chi connectivity index (χ1n) is 5.62. The molecule has 2 aromatic carbocycles. The molecule has 0 fully saturated rings. The highest BCUT2D eigenvalue weighted by molar-refractivity contribution is 5.27. The van der Waals surface area contributed by atoms with E-state index in [4.69, 9.17) is 0 Å². The second kappa shape index (κ2) is 5.11. The van der Waals surface area contributed by atoms with Crippen LogP contribution in [-0.2, 0) is 0 Å². The van der Waals surface area contributed by atoms with Crippen molar-refractivity contribution >= 4 is 0 Å². The predicted molar refractivity (Wildman–Crippen MR) is 66.4 cm³/mol. The quantitative estimate of drug-likeness (QED) is 0.851. The van der Waals surface area contributed by atoms with Gasteiger partial charge in [-0.05, 0) is 18.1 Å². The molecule has 0 spiro atoms. The number of alkyl halides is 1. The number of hydrogen-bond acceptors (Lipinski definition) is 1. The van der Waals surface area contributed by atoms with Gasteiger partial charge in [-0.15, -0.1) is 0 Å². The number of aliphatic hydroxyl groups is 1. The van der Waals surface area contributed by atoms with Crippen LogP contribution in [-0.4, -0.2) is 5.11 Å². The molecule has 0 aliphatic heterocycles. The van der Waals surface area contributed by atoms with Gasteiger partial charge in [0.1, 0.15) is 6.10 Å². The van der Waals surface area contributed by atoms with Gasteiger partial charge in [0.25, 0.3) is 0 Å². The van der Waals surface area contributed by atoms with Gasteiger partial charge >= 0.3 is 0 Å². The van der Waals surface area contributed by atoms with E-state index in [1.165, 1.54) is 0 Å². The maximum absolute atomic E-state index is 14.1. The van der Waals surface area contributed by atoms with Crippen molar-refractivity contribution in [2.24, 2.45) is 0 Å². The molecule has 0 saturated carbocycles. The van der Waals surface area contributed by atoms with Gasteiger partial charge in [-0.25, -0.2) is 4.39 Å². The lowest BCUT2D eigenvalue weighted by Gasteiger charge is -2.16. The van der Waals surface area contributed by atoms with Crippen molar-refractivity contribution in [3.63, 3.8) is 0 Å². The molecule has 0 unspecified atom stereocenters. The van der Waals surface area contributed by atoms with Crippen LogP contribution >= 0.6 is 0 Å². The third kappa shape index (κ3) is 2.71. The summed E-state index contributed by atoms with van der Waals surface area (Å²) >= 11 is 0. The van der Waals surface area contributed by atoms with E-state index in [0.29, 0.717) is 11.1 Å². The number of rotatable bonds is 3. The van der Waals surface area contributed by atoms with Crippen LogP contribution in [0, 0.1) is 6.92 Å². The van der Waals surface area contributed by atoms with E-state index in [2.05, 4.69) is 0 Å². The summed E-state index contributed by atoms with van der Waals surface area (Å²) in [5.74, 6) is 0. The van der Waals surface area contributed by atoms with E-state index in [1.54, 1.807) is 36.4 Å². The van der Waals surface area contributed by atoms with Crippen LogP contribution in [0.1, 0.15) is 29.0 Å². The first kappa shape index (κ1) is 11.8. The molecule has 0 radical (unpaired) electrons. The van der Waals surface area contributed by atoms with Gasteiger partial charge in [0.05, 0.1) is 0 Å². The van der Waals surface area contributed by atoms with Gasteiger partial charge in [-0.3, -0.25) is 0 Å². The van der Waals surface area contributed by atoms with Crippen LogP contribution in [0.25, 0.3) is 0 Å². The summed E-state index contributed by atoms with van der Waals surface area (Å²) in [5.41, 5.74) is 2.18. The maximum Gasteiger partial charge on any atom is 0.155 e. The summed E-state index contributed by atoms with van der Waals surface area (Å²) in [6, 6.07) is 16.0. The van der Waals surface area contributed by atoms with Gasteiger partial charge in [-0.2, -0.15) is 0 Å². The first-order valence-corrected chi connectivity index (χ1v) is 5.62. The highest BCUT2D eigenvalue weighted by Crippen LogP contribution is 2.31. The van der Waals surface area contributed by atoms with E-state index in [1.807, 2.05) is 25.1 Å². The van der Waals surface area contributed by atoms with Crippen molar-refractivity contribution in [3.05, 3.63) is 71.3 Å². The zero-order valence-electron chi connectivity index (χ0n) is 9.68. The van der Waals surface area contributed by atoms with Gasteiger partial charge in [0.2, 0.25) is 0 Å². The van der Waals surface area contributed by atoms with E-state index < -0.39 is 12.3 Å². The average Bonchev–Trinajstić information content (AvgIpc) is 2.39. The number of halogens is 1. The number of aryl methyl sites for hydroxylation is 1. The summed E-state index contributed by atoms with van der Waals surface area (Å²) < 4.78 is 14.1. The summed E-state index contributed by atoms with van der Waals surface area (Å²) in [7, 11) is 0. The average molecular weight is 230 g/mol. The van der Waals surface area contributed by atoms with E-state index in [0.717, 1.165) is 5.56 Å². The topological polar surface area (TPSA) is 20.2 Å². The molecule has 2 aromatic rings. The normalized spacial score (nSPS) is 14.3. The van der Waals surface area contributed by atoms with Crippen LogP contribution in [0.4, 0.5) is 4.39 Å². The molecule has 0 aromatic heterocycles. The summed E-state index contributed by atoms with van der Waals surface area (Å²) in [6.07, 6.45) is -2.50. The Bertz CT molecular complexity index is 464. The van der Waals surface area contributed by atoms with Crippen molar-refractivity contribution in [2.75, 3.05) is 0 Å². The van der Waals surface area contributed by atoms with E-state index >= 15 is 0 Å². The van der Waals surface area contributed by atoms with Gasteiger partial charge in [-0.1, -0.05) is 60.2 Å². The molecule has 0 aliphatic rings. The first-order chi connectivity index (χ1) is 8.18. The van der Waals surface area contributed by atoms with Crippen molar-refractivity contribution < 1.29 is 9.50 Å². The molecule has 2 heteroatoms. The fourth-order valence-corrected chi connectivity index (χ4v) is 1.75. The lowest BCUT2D eigenvalue weighted by atomic mass is 9.99. The number of hydrogen-bond donors (Lipinski definition) is 1. The largest absolute Gasteiger partial charge is 0.385 e.